The molecule has 0 aliphatic carbocycles. The van der Waals surface area contributed by atoms with Crippen molar-refractivity contribution >= 4 is 11.4 Å². The zero-order valence-electron chi connectivity index (χ0n) is 13.3. The van der Waals surface area contributed by atoms with Crippen molar-refractivity contribution in [1.82, 2.24) is 5.32 Å². The second kappa shape index (κ2) is 7.32. The number of nitrogens with zero attached hydrogens (tertiary/aromatic N) is 2. The van der Waals surface area contributed by atoms with Crippen LogP contribution in [0.25, 0.3) is 0 Å². The summed E-state index contributed by atoms with van der Waals surface area (Å²) in [5.74, 6) is 0. The van der Waals surface area contributed by atoms with Crippen molar-refractivity contribution in [3.05, 3.63) is 60.2 Å². The summed E-state index contributed by atoms with van der Waals surface area (Å²) in [5, 5.41) is 3.37. The van der Waals surface area contributed by atoms with E-state index in [0.717, 1.165) is 39.3 Å². The van der Waals surface area contributed by atoms with Gasteiger partial charge in [-0.05, 0) is 36.4 Å². The van der Waals surface area contributed by atoms with Crippen molar-refractivity contribution in [3.8, 4) is 0 Å². The van der Waals surface area contributed by atoms with E-state index in [-0.39, 0.29) is 0 Å². The Bertz CT molecular complexity index is 557. The molecule has 1 aliphatic rings. The summed E-state index contributed by atoms with van der Waals surface area (Å²) in [6, 6.07) is 19.7. The van der Waals surface area contributed by atoms with E-state index in [1.807, 2.05) is 0 Å². The maximum atomic E-state index is 3.37. The lowest BCUT2D eigenvalue weighted by atomic mass is 10.1. The molecule has 2 aromatic carbocycles. The molecular weight excluding hydrogens is 270 g/mol. The number of hydrogen-bond acceptors (Lipinski definition) is 3. The Hall–Kier alpha value is -2.00. The summed E-state index contributed by atoms with van der Waals surface area (Å²) in [5.41, 5.74) is 4.03. The zero-order valence-corrected chi connectivity index (χ0v) is 13.3. The van der Waals surface area contributed by atoms with E-state index >= 15 is 0 Å². The molecule has 1 aliphatic heterocycles. The van der Waals surface area contributed by atoms with Gasteiger partial charge in [0, 0.05) is 44.1 Å². The minimum Gasteiger partial charge on any atom is -0.368 e. The molecule has 1 heterocycles. The normalized spacial score (nSPS) is 15.1. The van der Waals surface area contributed by atoms with Crippen molar-refractivity contribution < 1.29 is 0 Å². The predicted molar refractivity (Wildman–Crippen MR) is 94.7 cm³/mol. The minimum absolute atomic E-state index is 0.957. The summed E-state index contributed by atoms with van der Waals surface area (Å²) in [4.78, 5) is 4.95. The molecule has 0 spiro atoms. The van der Waals surface area contributed by atoms with Crippen LogP contribution in [0.3, 0.4) is 0 Å². The molecule has 1 fully saturated rings. The molecule has 3 heteroatoms. The largest absolute Gasteiger partial charge is 0.368 e. The molecule has 3 nitrogen and oxygen atoms in total. The van der Waals surface area contributed by atoms with Crippen LogP contribution in [0.1, 0.15) is 12.5 Å². The highest BCUT2D eigenvalue weighted by atomic mass is 15.3. The molecule has 1 N–H and O–H groups in total. The fourth-order valence-corrected chi connectivity index (χ4v) is 2.96. The van der Waals surface area contributed by atoms with Crippen LogP contribution < -0.4 is 15.1 Å². The number of benzene rings is 2. The summed E-state index contributed by atoms with van der Waals surface area (Å²) in [7, 11) is 0. The molecule has 0 amide bonds. The fraction of sp³-hybridized carbons (Fsp3) is 0.368. The highest BCUT2D eigenvalue weighted by Gasteiger charge is 2.17. The minimum atomic E-state index is 0.957. The number of anilines is 2. The highest BCUT2D eigenvalue weighted by Crippen LogP contribution is 2.20. The number of piperazine rings is 1. The van der Waals surface area contributed by atoms with Gasteiger partial charge >= 0.3 is 0 Å². The second-order valence-electron chi connectivity index (χ2n) is 5.76. The summed E-state index contributed by atoms with van der Waals surface area (Å²) in [6.45, 7) is 8.46. The molecule has 0 radical (unpaired) electrons. The molecular formula is C19H25N3. The number of rotatable bonds is 5. The van der Waals surface area contributed by atoms with Gasteiger partial charge in [-0.3, -0.25) is 0 Å². The van der Waals surface area contributed by atoms with Gasteiger partial charge in [-0.15, -0.1) is 0 Å². The molecule has 0 atom stereocenters. The SMILES string of the molecule is CCNCc1ccc(N2CCN(c3ccccc3)CC2)cc1. The van der Waals surface area contributed by atoms with Crippen LogP contribution in [0.5, 0.6) is 0 Å². The molecule has 0 saturated carbocycles. The van der Waals surface area contributed by atoms with Crippen molar-refractivity contribution in [2.45, 2.75) is 13.5 Å². The van der Waals surface area contributed by atoms with E-state index in [0.29, 0.717) is 0 Å². The Labute approximate surface area is 133 Å². The lowest BCUT2D eigenvalue weighted by Crippen LogP contribution is -2.46. The van der Waals surface area contributed by atoms with Crippen molar-refractivity contribution in [2.24, 2.45) is 0 Å². The number of nitrogens with one attached hydrogen (secondary N) is 1. The Morgan fingerprint density at radius 3 is 1.86 bits per heavy atom. The Morgan fingerprint density at radius 2 is 1.32 bits per heavy atom. The van der Waals surface area contributed by atoms with Crippen LogP contribution >= 0.6 is 0 Å². The van der Waals surface area contributed by atoms with Gasteiger partial charge in [0.1, 0.15) is 0 Å². The highest BCUT2D eigenvalue weighted by molar-refractivity contribution is 5.52. The average Bonchev–Trinajstić information content (AvgIpc) is 2.61. The van der Waals surface area contributed by atoms with Gasteiger partial charge in [0.05, 0.1) is 0 Å². The first-order valence-electron chi connectivity index (χ1n) is 8.21. The predicted octanol–water partition coefficient (Wildman–Crippen LogP) is 3.12. The van der Waals surface area contributed by atoms with Crippen LogP contribution in [-0.4, -0.2) is 32.7 Å². The van der Waals surface area contributed by atoms with Gasteiger partial charge in [0.15, 0.2) is 0 Å². The number of para-hydroxylation sites is 1. The van der Waals surface area contributed by atoms with Crippen LogP contribution in [0.15, 0.2) is 54.6 Å². The van der Waals surface area contributed by atoms with E-state index in [4.69, 9.17) is 0 Å². The maximum Gasteiger partial charge on any atom is 0.0367 e. The van der Waals surface area contributed by atoms with Gasteiger partial charge in [0.25, 0.3) is 0 Å². The smallest absolute Gasteiger partial charge is 0.0367 e. The van der Waals surface area contributed by atoms with Gasteiger partial charge in [-0.2, -0.15) is 0 Å². The molecule has 0 aromatic heterocycles. The third-order valence-corrected chi connectivity index (χ3v) is 4.28. The Kier molecular flexibility index (Phi) is 4.96. The molecule has 2 aromatic rings. The van der Waals surface area contributed by atoms with Gasteiger partial charge < -0.3 is 15.1 Å². The maximum absolute atomic E-state index is 3.37. The molecule has 116 valence electrons. The van der Waals surface area contributed by atoms with Crippen molar-refractivity contribution in [2.75, 3.05) is 42.5 Å². The van der Waals surface area contributed by atoms with E-state index in [9.17, 15) is 0 Å². The van der Waals surface area contributed by atoms with Crippen LogP contribution in [0.2, 0.25) is 0 Å². The molecule has 0 bridgehead atoms. The average molecular weight is 295 g/mol. The Morgan fingerprint density at radius 1 is 0.773 bits per heavy atom. The first-order chi connectivity index (χ1) is 10.9. The van der Waals surface area contributed by atoms with E-state index in [1.165, 1.54) is 16.9 Å². The van der Waals surface area contributed by atoms with Crippen molar-refractivity contribution in [3.63, 3.8) is 0 Å². The fourth-order valence-electron chi connectivity index (χ4n) is 2.96. The van der Waals surface area contributed by atoms with E-state index in [2.05, 4.69) is 76.6 Å². The van der Waals surface area contributed by atoms with Gasteiger partial charge in [-0.1, -0.05) is 37.3 Å². The standard InChI is InChI=1S/C19H25N3/c1-2-20-16-17-8-10-19(11-9-17)22-14-12-21(13-15-22)18-6-4-3-5-7-18/h3-11,20H,2,12-16H2,1H3. The first-order valence-corrected chi connectivity index (χ1v) is 8.21. The van der Waals surface area contributed by atoms with E-state index < -0.39 is 0 Å². The van der Waals surface area contributed by atoms with E-state index in [1.54, 1.807) is 0 Å². The molecule has 1 saturated heterocycles. The Balaban J connectivity index is 1.57. The summed E-state index contributed by atoms with van der Waals surface area (Å²) >= 11 is 0. The monoisotopic (exact) mass is 295 g/mol. The third kappa shape index (κ3) is 3.60. The molecule has 3 rings (SSSR count). The quantitative estimate of drug-likeness (QED) is 0.914. The van der Waals surface area contributed by atoms with Gasteiger partial charge in [-0.25, -0.2) is 0 Å². The lowest BCUT2D eigenvalue weighted by molar-refractivity contribution is 0.653. The van der Waals surface area contributed by atoms with Gasteiger partial charge in [0.2, 0.25) is 0 Å². The first kappa shape index (κ1) is 14.9. The van der Waals surface area contributed by atoms with Crippen LogP contribution in [-0.2, 0) is 6.54 Å². The van der Waals surface area contributed by atoms with Crippen molar-refractivity contribution in [1.29, 1.82) is 0 Å². The second-order valence-corrected chi connectivity index (χ2v) is 5.76. The lowest BCUT2D eigenvalue weighted by Gasteiger charge is -2.37. The summed E-state index contributed by atoms with van der Waals surface area (Å²) in [6.07, 6.45) is 0. The number of hydrogen-bond donors (Lipinski definition) is 1. The van der Waals surface area contributed by atoms with Crippen LogP contribution in [0, 0.1) is 0 Å². The topological polar surface area (TPSA) is 18.5 Å². The molecule has 0 unspecified atom stereocenters. The molecule has 22 heavy (non-hydrogen) atoms. The van der Waals surface area contributed by atoms with Crippen LogP contribution in [0.4, 0.5) is 11.4 Å². The third-order valence-electron chi connectivity index (χ3n) is 4.28. The summed E-state index contributed by atoms with van der Waals surface area (Å²) < 4.78 is 0. The zero-order chi connectivity index (χ0) is 15.2.